The quantitative estimate of drug-likeness (QED) is 0.308. The van der Waals surface area contributed by atoms with Crippen LogP contribution in [-0.2, 0) is 0 Å². The van der Waals surface area contributed by atoms with Crippen LogP contribution in [0.3, 0.4) is 0 Å². The number of hydrogen-bond donors (Lipinski definition) is 1. The van der Waals surface area contributed by atoms with Crippen LogP contribution in [-0.4, -0.2) is 31.7 Å². The van der Waals surface area contributed by atoms with E-state index in [-0.39, 0.29) is 11.5 Å². The van der Waals surface area contributed by atoms with Gasteiger partial charge in [-0.2, -0.15) is 0 Å². The van der Waals surface area contributed by atoms with E-state index in [2.05, 4.69) is 5.32 Å². The zero-order chi connectivity index (χ0) is 24.5. The molecular weight excluding hydrogens is 434 g/mol. The topological polar surface area (TPSA) is 83.1 Å². The Balaban J connectivity index is 1.74. The number of amides is 1. The molecule has 0 fully saturated rings. The standard InChI is InChI=1S/C27H29NO6/c1-5-31-23-16-20(17-24(32-6-2)25(23)33-7-3)27(30)34-22-14-10-19(11-15-22)26(29)28-21-12-8-18(4)9-13-21/h8-17H,5-7H2,1-4H3,(H,28,29). The fraction of sp³-hybridized carbons (Fsp3) is 0.259. The molecule has 0 aliphatic heterocycles. The van der Waals surface area contributed by atoms with Crippen LogP contribution in [0.15, 0.2) is 60.7 Å². The van der Waals surface area contributed by atoms with Crippen LogP contribution < -0.4 is 24.3 Å². The Morgan fingerprint density at radius 2 is 1.29 bits per heavy atom. The molecule has 3 rings (SSSR count). The maximum atomic E-state index is 12.8. The van der Waals surface area contributed by atoms with Gasteiger partial charge in [0.05, 0.1) is 25.4 Å². The summed E-state index contributed by atoms with van der Waals surface area (Å²) in [5, 5.41) is 2.84. The van der Waals surface area contributed by atoms with Gasteiger partial charge < -0.3 is 24.3 Å². The molecule has 0 aliphatic rings. The van der Waals surface area contributed by atoms with E-state index in [4.69, 9.17) is 18.9 Å². The van der Waals surface area contributed by atoms with Gasteiger partial charge in [0.1, 0.15) is 5.75 Å². The summed E-state index contributed by atoms with van der Waals surface area (Å²) in [6.07, 6.45) is 0. The molecule has 3 aromatic rings. The van der Waals surface area contributed by atoms with Gasteiger partial charge in [-0.1, -0.05) is 17.7 Å². The summed E-state index contributed by atoms with van der Waals surface area (Å²) >= 11 is 0. The number of benzene rings is 3. The molecule has 0 heterocycles. The van der Waals surface area contributed by atoms with Gasteiger partial charge in [0.25, 0.3) is 5.91 Å². The molecule has 0 saturated carbocycles. The highest BCUT2D eigenvalue weighted by molar-refractivity contribution is 6.04. The van der Waals surface area contributed by atoms with Gasteiger partial charge in [0.2, 0.25) is 5.75 Å². The number of aryl methyl sites for hydroxylation is 1. The molecule has 0 aliphatic carbocycles. The molecule has 0 unspecified atom stereocenters. The molecule has 0 atom stereocenters. The van der Waals surface area contributed by atoms with Crippen LogP contribution >= 0.6 is 0 Å². The highest BCUT2D eigenvalue weighted by atomic mass is 16.5. The van der Waals surface area contributed by atoms with Crippen LogP contribution in [0, 0.1) is 6.92 Å². The lowest BCUT2D eigenvalue weighted by Crippen LogP contribution is -2.13. The second kappa shape index (κ2) is 11.7. The third kappa shape index (κ3) is 6.28. The summed E-state index contributed by atoms with van der Waals surface area (Å²) in [7, 11) is 0. The minimum absolute atomic E-state index is 0.254. The summed E-state index contributed by atoms with van der Waals surface area (Å²) in [6.45, 7) is 8.75. The first-order chi connectivity index (χ1) is 16.4. The van der Waals surface area contributed by atoms with Gasteiger partial charge >= 0.3 is 5.97 Å². The largest absolute Gasteiger partial charge is 0.490 e. The first-order valence-corrected chi connectivity index (χ1v) is 11.2. The van der Waals surface area contributed by atoms with Crippen molar-refractivity contribution in [1.82, 2.24) is 0 Å². The molecule has 0 aromatic heterocycles. The molecule has 0 saturated heterocycles. The monoisotopic (exact) mass is 463 g/mol. The molecule has 178 valence electrons. The molecule has 1 N–H and O–H groups in total. The molecular formula is C27H29NO6. The zero-order valence-electron chi connectivity index (χ0n) is 19.8. The highest BCUT2D eigenvalue weighted by Crippen LogP contribution is 2.39. The molecule has 34 heavy (non-hydrogen) atoms. The van der Waals surface area contributed by atoms with Crippen molar-refractivity contribution >= 4 is 17.6 Å². The van der Waals surface area contributed by atoms with E-state index in [1.165, 1.54) is 0 Å². The van der Waals surface area contributed by atoms with Crippen molar-refractivity contribution < 1.29 is 28.5 Å². The minimum atomic E-state index is -0.582. The molecule has 7 nitrogen and oxygen atoms in total. The van der Waals surface area contributed by atoms with E-state index in [0.717, 1.165) is 5.56 Å². The van der Waals surface area contributed by atoms with Crippen LogP contribution in [0.2, 0.25) is 0 Å². The smallest absolute Gasteiger partial charge is 0.343 e. The Bertz CT molecular complexity index is 1100. The van der Waals surface area contributed by atoms with Gasteiger partial charge in [-0.15, -0.1) is 0 Å². The van der Waals surface area contributed by atoms with Crippen LogP contribution in [0.1, 0.15) is 47.1 Å². The number of nitrogens with one attached hydrogen (secondary N) is 1. The summed E-state index contributed by atoms with van der Waals surface area (Å²) in [6, 6.07) is 17.0. The predicted molar refractivity (Wildman–Crippen MR) is 130 cm³/mol. The number of rotatable bonds is 10. The second-order valence-corrected chi connectivity index (χ2v) is 7.33. The Kier molecular flexibility index (Phi) is 8.51. The first kappa shape index (κ1) is 24.6. The van der Waals surface area contributed by atoms with E-state index in [1.54, 1.807) is 36.4 Å². The Labute approximate surface area is 199 Å². The van der Waals surface area contributed by atoms with E-state index < -0.39 is 5.97 Å². The van der Waals surface area contributed by atoms with Crippen molar-refractivity contribution in [2.75, 3.05) is 25.1 Å². The third-order valence-electron chi connectivity index (χ3n) is 4.78. The molecule has 0 spiro atoms. The van der Waals surface area contributed by atoms with E-state index in [1.807, 2.05) is 52.0 Å². The Hall–Kier alpha value is -4.00. The maximum Gasteiger partial charge on any atom is 0.343 e. The fourth-order valence-corrected chi connectivity index (χ4v) is 3.19. The molecule has 0 radical (unpaired) electrons. The van der Waals surface area contributed by atoms with Crippen LogP contribution in [0.4, 0.5) is 5.69 Å². The van der Waals surface area contributed by atoms with Crippen LogP contribution in [0.5, 0.6) is 23.0 Å². The number of carbonyl (C=O) groups is 2. The predicted octanol–water partition coefficient (Wildman–Crippen LogP) is 5.66. The second-order valence-electron chi connectivity index (χ2n) is 7.33. The highest BCUT2D eigenvalue weighted by Gasteiger charge is 2.20. The van der Waals surface area contributed by atoms with E-state index >= 15 is 0 Å². The van der Waals surface area contributed by atoms with Crippen molar-refractivity contribution in [2.45, 2.75) is 27.7 Å². The SMILES string of the molecule is CCOc1cc(C(=O)Oc2ccc(C(=O)Nc3ccc(C)cc3)cc2)cc(OCC)c1OCC. The van der Waals surface area contributed by atoms with Crippen molar-refractivity contribution in [3.05, 3.63) is 77.4 Å². The van der Waals surface area contributed by atoms with Crippen molar-refractivity contribution in [1.29, 1.82) is 0 Å². The Morgan fingerprint density at radius 1 is 0.735 bits per heavy atom. The number of carbonyl (C=O) groups excluding carboxylic acids is 2. The van der Waals surface area contributed by atoms with Crippen molar-refractivity contribution in [2.24, 2.45) is 0 Å². The van der Waals surface area contributed by atoms with Gasteiger partial charge in [0, 0.05) is 11.3 Å². The first-order valence-electron chi connectivity index (χ1n) is 11.2. The number of hydrogen-bond acceptors (Lipinski definition) is 6. The number of anilines is 1. The van der Waals surface area contributed by atoms with Gasteiger partial charge in [-0.3, -0.25) is 4.79 Å². The van der Waals surface area contributed by atoms with E-state index in [9.17, 15) is 9.59 Å². The van der Waals surface area contributed by atoms with Gasteiger partial charge in [-0.05, 0) is 76.2 Å². The van der Waals surface area contributed by atoms with Gasteiger partial charge in [-0.25, -0.2) is 4.79 Å². The molecule has 7 heteroatoms. The molecule has 1 amide bonds. The van der Waals surface area contributed by atoms with Crippen molar-refractivity contribution in [3.63, 3.8) is 0 Å². The average Bonchev–Trinajstić information content (AvgIpc) is 2.83. The fourth-order valence-electron chi connectivity index (χ4n) is 3.19. The molecule has 0 bridgehead atoms. The normalized spacial score (nSPS) is 10.4. The number of ether oxygens (including phenoxy) is 4. The zero-order valence-corrected chi connectivity index (χ0v) is 19.8. The average molecular weight is 464 g/mol. The number of esters is 1. The van der Waals surface area contributed by atoms with Crippen LogP contribution in [0.25, 0.3) is 0 Å². The Morgan fingerprint density at radius 3 is 1.82 bits per heavy atom. The summed E-state index contributed by atoms with van der Waals surface area (Å²) < 4.78 is 22.5. The van der Waals surface area contributed by atoms with Gasteiger partial charge in [0.15, 0.2) is 11.5 Å². The third-order valence-corrected chi connectivity index (χ3v) is 4.78. The lowest BCUT2D eigenvalue weighted by Gasteiger charge is -2.16. The summed E-state index contributed by atoms with van der Waals surface area (Å²) in [5.41, 5.74) is 2.52. The lowest BCUT2D eigenvalue weighted by atomic mass is 10.1. The van der Waals surface area contributed by atoms with Crippen molar-refractivity contribution in [3.8, 4) is 23.0 Å². The molecule has 3 aromatic carbocycles. The summed E-state index contributed by atoms with van der Waals surface area (Å²) in [5.74, 6) is 0.738. The summed E-state index contributed by atoms with van der Waals surface area (Å²) in [4.78, 5) is 25.3. The van der Waals surface area contributed by atoms with E-state index in [0.29, 0.717) is 54.1 Å². The maximum absolute atomic E-state index is 12.8. The minimum Gasteiger partial charge on any atom is -0.490 e. The lowest BCUT2D eigenvalue weighted by molar-refractivity contribution is 0.0733.